The fourth-order valence-corrected chi connectivity index (χ4v) is 4.03. The molecule has 1 fully saturated rings. The molecule has 1 aliphatic heterocycles. The molecule has 0 amide bonds. The third-order valence-corrected chi connectivity index (χ3v) is 5.79. The first-order chi connectivity index (χ1) is 11.2. The van der Waals surface area contributed by atoms with E-state index in [-0.39, 0.29) is 18.0 Å². The van der Waals surface area contributed by atoms with Crippen molar-refractivity contribution < 1.29 is 21.6 Å². The Bertz CT molecular complexity index is 705. The lowest BCUT2D eigenvalue weighted by Crippen LogP contribution is -2.48. The number of nitrogens with zero attached hydrogens (tertiary/aromatic N) is 3. The number of nitriles is 1. The molecule has 0 aliphatic carbocycles. The molecule has 5 nitrogen and oxygen atoms in total. The van der Waals surface area contributed by atoms with Crippen LogP contribution < -0.4 is 0 Å². The molecule has 0 saturated carbocycles. The topological polar surface area (TPSA) is 64.4 Å². The summed E-state index contributed by atoms with van der Waals surface area (Å²) in [6.07, 6.45) is -3.41. The summed E-state index contributed by atoms with van der Waals surface area (Å²) in [7, 11) is -3.94. The molecule has 1 saturated heterocycles. The summed E-state index contributed by atoms with van der Waals surface area (Å²) in [6, 6.07) is 5.87. The highest BCUT2D eigenvalue weighted by Crippen LogP contribution is 2.31. The highest BCUT2D eigenvalue weighted by atomic mass is 32.2. The maximum atomic E-state index is 12.8. The Morgan fingerprint density at radius 1 is 1.17 bits per heavy atom. The van der Waals surface area contributed by atoms with Gasteiger partial charge in [0, 0.05) is 32.6 Å². The number of hydrogen-bond acceptors (Lipinski definition) is 4. The Kier molecular flexibility index (Phi) is 5.85. The second kappa shape index (κ2) is 7.51. The van der Waals surface area contributed by atoms with E-state index in [4.69, 9.17) is 5.26 Å². The van der Waals surface area contributed by atoms with E-state index in [0.717, 1.165) is 18.6 Å². The molecule has 1 aliphatic rings. The fraction of sp³-hybridized carbons (Fsp3) is 0.533. The maximum Gasteiger partial charge on any atom is 0.416 e. The van der Waals surface area contributed by atoms with Crippen LogP contribution in [-0.4, -0.2) is 50.3 Å². The molecule has 1 heterocycles. The molecule has 0 bridgehead atoms. The van der Waals surface area contributed by atoms with Crippen molar-refractivity contribution in [3.8, 4) is 6.07 Å². The minimum atomic E-state index is -4.58. The average Bonchev–Trinajstić information content (AvgIpc) is 2.55. The molecule has 0 radical (unpaired) electrons. The molecule has 2 rings (SSSR count). The van der Waals surface area contributed by atoms with E-state index in [1.165, 1.54) is 10.4 Å². The Morgan fingerprint density at radius 3 is 2.42 bits per heavy atom. The van der Waals surface area contributed by atoms with E-state index in [9.17, 15) is 21.6 Å². The quantitative estimate of drug-likeness (QED) is 0.755. The standard InChI is InChI=1S/C15H18F3N3O2S/c16-15(17,18)13-4-3-5-14(12-13)24(22,23)21-10-8-20(9-11-21)7-2-1-6-19/h3-5,12H,1-2,7-11H2. The Morgan fingerprint density at radius 2 is 1.83 bits per heavy atom. The first-order valence-corrected chi connectivity index (χ1v) is 8.96. The van der Waals surface area contributed by atoms with E-state index in [2.05, 4.69) is 11.0 Å². The van der Waals surface area contributed by atoms with Gasteiger partial charge in [-0.3, -0.25) is 0 Å². The van der Waals surface area contributed by atoms with E-state index in [0.29, 0.717) is 32.1 Å². The van der Waals surface area contributed by atoms with Crippen LogP contribution in [0.15, 0.2) is 29.2 Å². The molecule has 0 unspecified atom stereocenters. The molecular weight excluding hydrogens is 343 g/mol. The predicted molar refractivity (Wildman–Crippen MR) is 81.5 cm³/mol. The van der Waals surface area contributed by atoms with Crippen LogP contribution in [0, 0.1) is 11.3 Å². The van der Waals surface area contributed by atoms with Crippen LogP contribution in [0.5, 0.6) is 0 Å². The predicted octanol–water partition coefficient (Wildman–Crippen LogP) is 2.32. The lowest BCUT2D eigenvalue weighted by molar-refractivity contribution is -0.137. The normalized spacial score (nSPS) is 17.6. The zero-order valence-electron chi connectivity index (χ0n) is 13.0. The molecule has 9 heteroatoms. The second-order valence-electron chi connectivity index (χ2n) is 5.53. The SMILES string of the molecule is N#CCCCN1CCN(S(=O)(=O)c2cccc(C(F)(F)F)c2)CC1. The fourth-order valence-electron chi connectivity index (χ4n) is 2.56. The molecule has 0 N–H and O–H groups in total. The van der Waals surface area contributed by atoms with Gasteiger partial charge in [-0.25, -0.2) is 8.42 Å². The Labute approximate surface area is 139 Å². The third-order valence-electron chi connectivity index (χ3n) is 3.89. The van der Waals surface area contributed by atoms with Gasteiger partial charge in [-0.1, -0.05) is 6.07 Å². The molecule has 24 heavy (non-hydrogen) atoms. The van der Waals surface area contributed by atoms with Gasteiger partial charge in [0.1, 0.15) is 0 Å². The van der Waals surface area contributed by atoms with E-state index in [1.807, 2.05) is 0 Å². The molecule has 1 aromatic carbocycles. The largest absolute Gasteiger partial charge is 0.416 e. The highest BCUT2D eigenvalue weighted by Gasteiger charge is 2.33. The Balaban J connectivity index is 2.06. The number of benzene rings is 1. The number of hydrogen-bond donors (Lipinski definition) is 0. The van der Waals surface area contributed by atoms with Gasteiger partial charge in [-0.15, -0.1) is 0 Å². The Hall–Kier alpha value is -1.63. The van der Waals surface area contributed by atoms with Crippen LogP contribution in [0.4, 0.5) is 13.2 Å². The zero-order chi connectivity index (χ0) is 17.8. The molecule has 0 spiro atoms. The first kappa shape index (κ1) is 18.7. The van der Waals surface area contributed by atoms with E-state index >= 15 is 0 Å². The number of unbranched alkanes of at least 4 members (excludes halogenated alkanes) is 1. The first-order valence-electron chi connectivity index (χ1n) is 7.52. The second-order valence-corrected chi connectivity index (χ2v) is 7.47. The number of alkyl halides is 3. The van der Waals surface area contributed by atoms with Crippen LogP contribution in [0.3, 0.4) is 0 Å². The minimum absolute atomic E-state index is 0.227. The third kappa shape index (κ3) is 4.47. The number of halogens is 3. The van der Waals surface area contributed by atoms with Gasteiger partial charge in [0.15, 0.2) is 0 Å². The number of sulfonamides is 1. The number of rotatable bonds is 5. The van der Waals surface area contributed by atoms with E-state index < -0.39 is 21.8 Å². The van der Waals surface area contributed by atoms with Crippen molar-refractivity contribution in [2.45, 2.75) is 23.9 Å². The van der Waals surface area contributed by atoms with Crippen LogP contribution >= 0.6 is 0 Å². The highest BCUT2D eigenvalue weighted by molar-refractivity contribution is 7.89. The van der Waals surface area contributed by atoms with Gasteiger partial charge in [-0.05, 0) is 31.2 Å². The summed E-state index contributed by atoms with van der Waals surface area (Å²) in [4.78, 5) is 1.71. The van der Waals surface area contributed by atoms with Crippen molar-refractivity contribution in [2.75, 3.05) is 32.7 Å². The van der Waals surface area contributed by atoms with E-state index in [1.54, 1.807) is 0 Å². The molecule has 0 atom stereocenters. The van der Waals surface area contributed by atoms with Crippen molar-refractivity contribution in [1.29, 1.82) is 5.26 Å². The smallest absolute Gasteiger partial charge is 0.301 e. The van der Waals surface area contributed by atoms with Crippen molar-refractivity contribution in [2.24, 2.45) is 0 Å². The maximum absolute atomic E-state index is 12.8. The van der Waals surface area contributed by atoms with Gasteiger partial charge in [0.2, 0.25) is 10.0 Å². The van der Waals surface area contributed by atoms with Gasteiger partial charge < -0.3 is 4.90 Å². The van der Waals surface area contributed by atoms with Crippen LogP contribution in [0.2, 0.25) is 0 Å². The van der Waals surface area contributed by atoms with Crippen molar-refractivity contribution in [3.05, 3.63) is 29.8 Å². The molecule has 1 aromatic rings. The summed E-state index contributed by atoms with van der Waals surface area (Å²) < 4.78 is 64.5. The lowest BCUT2D eigenvalue weighted by Gasteiger charge is -2.33. The summed E-state index contributed by atoms with van der Waals surface area (Å²) in [6.45, 7) is 2.18. The summed E-state index contributed by atoms with van der Waals surface area (Å²) >= 11 is 0. The van der Waals surface area contributed by atoms with Crippen molar-refractivity contribution >= 4 is 10.0 Å². The van der Waals surface area contributed by atoms with Gasteiger partial charge in [0.05, 0.1) is 16.5 Å². The zero-order valence-corrected chi connectivity index (χ0v) is 13.8. The summed E-state index contributed by atoms with van der Waals surface area (Å²) in [5, 5.41) is 8.51. The number of piperazine rings is 1. The monoisotopic (exact) mass is 361 g/mol. The van der Waals surface area contributed by atoms with Crippen molar-refractivity contribution in [3.63, 3.8) is 0 Å². The summed E-state index contributed by atoms with van der Waals surface area (Å²) in [5.41, 5.74) is -0.973. The van der Waals surface area contributed by atoms with Gasteiger partial charge in [-0.2, -0.15) is 22.7 Å². The molecular formula is C15H18F3N3O2S. The lowest BCUT2D eigenvalue weighted by atomic mass is 10.2. The summed E-state index contributed by atoms with van der Waals surface area (Å²) in [5.74, 6) is 0. The van der Waals surface area contributed by atoms with Crippen molar-refractivity contribution in [1.82, 2.24) is 9.21 Å². The van der Waals surface area contributed by atoms with Gasteiger partial charge >= 0.3 is 6.18 Å². The molecule has 132 valence electrons. The van der Waals surface area contributed by atoms with Gasteiger partial charge in [0.25, 0.3) is 0 Å². The van der Waals surface area contributed by atoms with Crippen LogP contribution in [-0.2, 0) is 16.2 Å². The van der Waals surface area contributed by atoms with Crippen LogP contribution in [0.25, 0.3) is 0 Å². The molecule has 0 aromatic heterocycles. The van der Waals surface area contributed by atoms with Crippen LogP contribution in [0.1, 0.15) is 18.4 Å². The minimum Gasteiger partial charge on any atom is -0.301 e. The average molecular weight is 361 g/mol.